The number of carbonyl (C=O) groups excluding carboxylic acids is 1. The molecule has 2 nitrogen and oxygen atoms in total. The molecule has 1 rings (SSSR count). The van der Waals surface area contributed by atoms with Gasteiger partial charge in [-0.25, -0.2) is 4.39 Å². The fourth-order valence-electron chi connectivity index (χ4n) is 1.21. The Labute approximate surface area is 93.0 Å². The number of esters is 1. The summed E-state index contributed by atoms with van der Waals surface area (Å²) in [7, 11) is 0. The van der Waals surface area contributed by atoms with Gasteiger partial charge in [-0.2, -0.15) is 0 Å². The number of rotatable bonds is 4. The minimum absolute atomic E-state index is 0.276. The highest BCUT2D eigenvalue weighted by Crippen LogP contribution is 2.16. The van der Waals surface area contributed by atoms with Crippen LogP contribution in [0.5, 0.6) is 0 Å². The van der Waals surface area contributed by atoms with Crippen LogP contribution in [0.15, 0.2) is 18.2 Å². The van der Waals surface area contributed by atoms with Gasteiger partial charge in [-0.3, -0.25) is 4.79 Å². The lowest BCUT2D eigenvalue weighted by atomic mass is 10.1. The van der Waals surface area contributed by atoms with E-state index >= 15 is 0 Å². The Balaban J connectivity index is 2.43. The minimum atomic E-state index is -0.318. The summed E-state index contributed by atoms with van der Waals surface area (Å²) < 4.78 is 17.9. The van der Waals surface area contributed by atoms with E-state index < -0.39 is 0 Å². The van der Waals surface area contributed by atoms with Crippen molar-refractivity contribution in [3.05, 3.63) is 34.6 Å². The summed E-state index contributed by atoms with van der Waals surface area (Å²) in [5.74, 6) is -0.594. The zero-order valence-corrected chi connectivity index (χ0v) is 9.18. The Kier molecular flexibility index (Phi) is 4.56. The van der Waals surface area contributed by atoms with Gasteiger partial charge in [0.15, 0.2) is 0 Å². The molecular formula is C11H12ClFO2. The van der Waals surface area contributed by atoms with Crippen molar-refractivity contribution in [1.82, 2.24) is 0 Å². The number of ether oxygens (including phenoxy) is 1. The summed E-state index contributed by atoms with van der Waals surface area (Å²) in [5, 5.41) is 0.513. The first kappa shape index (κ1) is 12.0. The fourth-order valence-corrected chi connectivity index (χ4v) is 1.41. The summed E-state index contributed by atoms with van der Waals surface area (Å²) in [6.45, 7) is 1.65. The molecule has 0 aliphatic heterocycles. The maximum Gasteiger partial charge on any atom is 0.302 e. The van der Waals surface area contributed by atoms with E-state index in [9.17, 15) is 9.18 Å². The van der Waals surface area contributed by atoms with Crippen LogP contribution < -0.4 is 0 Å². The zero-order valence-electron chi connectivity index (χ0n) is 8.43. The number of carbonyl (C=O) groups is 1. The van der Waals surface area contributed by atoms with Crippen molar-refractivity contribution in [3.8, 4) is 0 Å². The lowest BCUT2D eigenvalue weighted by Crippen LogP contribution is -2.02. The number of hydrogen-bond acceptors (Lipinski definition) is 2. The van der Waals surface area contributed by atoms with Crippen molar-refractivity contribution in [2.45, 2.75) is 19.8 Å². The van der Waals surface area contributed by atoms with Gasteiger partial charge in [0.2, 0.25) is 0 Å². The molecule has 0 heterocycles. The standard InChI is InChI=1S/C11H12ClFO2/c1-8(14)15-6-2-3-9-7-10(12)4-5-11(9)13/h4-5,7H,2-3,6H2,1H3. The van der Waals surface area contributed by atoms with Gasteiger partial charge in [-0.1, -0.05) is 11.6 Å². The quantitative estimate of drug-likeness (QED) is 0.587. The molecular weight excluding hydrogens is 219 g/mol. The van der Waals surface area contributed by atoms with Gasteiger partial charge < -0.3 is 4.74 Å². The van der Waals surface area contributed by atoms with Crippen LogP contribution in [-0.4, -0.2) is 12.6 Å². The summed E-state index contributed by atoms with van der Waals surface area (Å²) in [4.78, 5) is 10.5. The molecule has 15 heavy (non-hydrogen) atoms. The van der Waals surface area contributed by atoms with E-state index in [0.717, 1.165) is 0 Å². The Morgan fingerprint density at radius 3 is 2.93 bits per heavy atom. The Bertz CT molecular complexity index is 352. The second-order valence-corrected chi connectivity index (χ2v) is 3.62. The molecule has 0 N–H and O–H groups in total. The average molecular weight is 231 g/mol. The Morgan fingerprint density at radius 1 is 1.53 bits per heavy atom. The van der Waals surface area contributed by atoms with Crippen LogP contribution in [0.4, 0.5) is 4.39 Å². The minimum Gasteiger partial charge on any atom is -0.466 e. The molecule has 1 aromatic rings. The van der Waals surface area contributed by atoms with E-state index in [2.05, 4.69) is 0 Å². The van der Waals surface area contributed by atoms with Crippen molar-refractivity contribution in [2.24, 2.45) is 0 Å². The first-order chi connectivity index (χ1) is 7.09. The maximum absolute atomic E-state index is 13.2. The summed E-state index contributed by atoms with van der Waals surface area (Å²) in [5.41, 5.74) is 0.551. The largest absolute Gasteiger partial charge is 0.466 e. The number of hydrogen-bond donors (Lipinski definition) is 0. The van der Waals surface area contributed by atoms with Crippen molar-refractivity contribution >= 4 is 17.6 Å². The summed E-state index contributed by atoms with van der Waals surface area (Å²) in [6.07, 6.45) is 1.11. The first-order valence-electron chi connectivity index (χ1n) is 4.67. The smallest absolute Gasteiger partial charge is 0.302 e. The molecule has 0 saturated carbocycles. The highest BCUT2D eigenvalue weighted by atomic mass is 35.5. The van der Waals surface area contributed by atoms with Gasteiger partial charge in [0.1, 0.15) is 5.82 Å². The van der Waals surface area contributed by atoms with Crippen molar-refractivity contribution in [3.63, 3.8) is 0 Å². The van der Waals surface area contributed by atoms with E-state index in [1.54, 1.807) is 6.07 Å². The number of benzene rings is 1. The molecule has 0 unspecified atom stereocenters. The van der Waals surface area contributed by atoms with Crippen LogP contribution >= 0.6 is 11.6 Å². The molecule has 0 saturated heterocycles. The topological polar surface area (TPSA) is 26.3 Å². The van der Waals surface area contributed by atoms with E-state index in [1.165, 1.54) is 19.1 Å². The Morgan fingerprint density at radius 2 is 2.27 bits per heavy atom. The number of aryl methyl sites for hydroxylation is 1. The molecule has 0 aliphatic rings. The zero-order chi connectivity index (χ0) is 11.3. The van der Waals surface area contributed by atoms with Crippen LogP contribution in [0.1, 0.15) is 18.9 Å². The molecule has 0 spiro atoms. The predicted octanol–water partition coefficient (Wildman–Crippen LogP) is 2.97. The van der Waals surface area contributed by atoms with Crippen LogP contribution in [0.3, 0.4) is 0 Å². The molecule has 4 heteroatoms. The molecule has 0 aromatic heterocycles. The summed E-state index contributed by atoms with van der Waals surface area (Å²) >= 11 is 5.73. The monoisotopic (exact) mass is 230 g/mol. The third-order valence-corrected chi connectivity index (χ3v) is 2.14. The fraction of sp³-hybridized carbons (Fsp3) is 0.364. The second kappa shape index (κ2) is 5.71. The van der Waals surface area contributed by atoms with Crippen molar-refractivity contribution in [2.75, 3.05) is 6.61 Å². The van der Waals surface area contributed by atoms with Crippen molar-refractivity contribution < 1.29 is 13.9 Å². The van der Waals surface area contributed by atoms with Gasteiger partial charge in [0.05, 0.1) is 6.61 Å². The second-order valence-electron chi connectivity index (χ2n) is 3.18. The molecule has 0 aliphatic carbocycles. The maximum atomic E-state index is 13.2. The van der Waals surface area contributed by atoms with Crippen LogP contribution in [0.25, 0.3) is 0 Å². The van der Waals surface area contributed by atoms with Gasteiger partial charge in [0.25, 0.3) is 0 Å². The molecule has 0 radical (unpaired) electrons. The van der Waals surface area contributed by atoms with Gasteiger partial charge in [0, 0.05) is 11.9 Å². The van der Waals surface area contributed by atoms with E-state index in [4.69, 9.17) is 16.3 Å². The normalized spacial score (nSPS) is 10.1. The van der Waals surface area contributed by atoms with E-state index in [0.29, 0.717) is 30.0 Å². The highest BCUT2D eigenvalue weighted by molar-refractivity contribution is 6.30. The third kappa shape index (κ3) is 4.30. The Hall–Kier alpha value is -1.09. The van der Waals surface area contributed by atoms with E-state index in [-0.39, 0.29) is 11.8 Å². The predicted molar refractivity (Wildman–Crippen MR) is 56.4 cm³/mol. The molecule has 0 amide bonds. The molecule has 0 fully saturated rings. The highest BCUT2D eigenvalue weighted by Gasteiger charge is 2.03. The van der Waals surface area contributed by atoms with Crippen LogP contribution in [-0.2, 0) is 16.0 Å². The lowest BCUT2D eigenvalue weighted by Gasteiger charge is -2.04. The third-order valence-electron chi connectivity index (χ3n) is 1.90. The van der Waals surface area contributed by atoms with Gasteiger partial charge >= 0.3 is 5.97 Å². The molecule has 0 bridgehead atoms. The van der Waals surface area contributed by atoms with Crippen LogP contribution in [0, 0.1) is 5.82 Å². The average Bonchev–Trinajstić information content (AvgIpc) is 2.17. The molecule has 82 valence electrons. The van der Waals surface area contributed by atoms with Gasteiger partial charge in [-0.05, 0) is 36.6 Å². The first-order valence-corrected chi connectivity index (χ1v) is 5.04. The number of halogens is 2. The lowest BCUT2D eigenvalue weighted by molar-refractivity contribution is -0.141. The SMILES string of the molecule is CC(=O)OCCCc1cc(Cl)ccc1F. The van der Waals surface area contributed by atoms with Crippen molar-refractivity contribution in [1.29, 1.82) is 0 Å². The summed E-state index contributed by atoms with van der Waals surface area (Å²) in [6, 6.07) is 4.43. The van der Waals surface area contributed by atoms with Crippen LogP contribution in [0.2, 0.25) is 5.02 Å². The molecule has 1 aromatic carbocycles. The van der Waals surface area contributed by atoms with Gasteiger partial charge in [-0.15, -0.1) is 0 Å². The molecule has 0 atom stereocenters. The van der Waals surface area contributed by atoms with E-state index in [1.807, 2.05) is 0 Å².